The maximum atomic E-state index is 6.09. The molecular weight excluding hydrogens is 236 g/mol. The highest BCUT2D eigenvalue weighted by Gasteiger charge is 2.11. The van der Waals surface area contributed by atoms with E-state index < -0.39 is 0 Å². The van der Waals surface area contributed by atoms with Crippen molar-refractivity contribution in [1.29, 1.82) is 0 Å². The molecular formula is C16H28N2O. The molecule has 0 radical (unpaired) electrons. The monoisotopic (exact) mass is 264 g/mol. The van der Waals surface area contributed by atoms with Crippen LogP contribution < -0.4 is 10.5 Å². The Morgan fingerprint density at radius 1 is 1.26 bits per heavy atom. The summed E-state index contributed by atoms with van der Waals surface area (Å²) in [6.45, 7) is 8.77. The van der Waals surface area contributed by atoms with Crippen LogP contribution in [0.5, 0.6) is 5.75 Å². The fourth-order valence-corrected chi connectivity index (χ4v) is 2.15. The van der Waals surface area contributed by atoms with E-state index in [1.165, 1.54) is 24.8 Å². The number of ether oxygens (including phenoxy) is 1. The molecule has 3 heteroatoms. The minimum atomic E-state index is 0.540. The van der Waals surface area contributed by atoms with E-state index in [2.05, 4.69) is 31.7 Å². The van der Waals surface area contributed by atoms with Crippen molar-refractivity contribution in [3.05, 3.63) is 23.8 Å². The first kappa shape index (κ1) is 15.8. The van der Waals surface area contributed by atoms with Crippen LogP contribution in [-0.2, 0) is 6.54 Å². The summed E-state index contributed by atoms with van der Waals surface area (Å²) in [5.74, 6) is 0.823. The van der Waals surface area contributed by atoms with Gasteiger partial charge in [0.1, 0.15) is 5.75 Å². The second-order valence-electron chi connectivity index (χ2n) is 5.34. The Balaban J connectivity index is 2.67. The summed E-state index contributed by atoms with van der Waals surface area (Å²) in [6, 6.07) is 6.50. The highest BCUT2D eigenvalue weighted by Crippen LogP contribution is 2.22. The van der Waals surface area contributed by atoms with E-state index in [9.17, 15) is 0 Å². The molecule has 19 heavy (non-hydrogen) atoms. The Kier molecular flexibility index (Phi) is 6.71. The normalized spacial score (nSPS) is 11.3. The molecule has 0 unspecified atom stereocenters. The molecule has 0 aliphatic carbocycles. The number of benzene rings is 1. The van der Waals surface area contributed by atoms with Crippen LogP contribution >= 0.6 is 0 Å². The molecule has 0 aliphatic heterocycles. The number of hydrogen-bond acceptors (Lipinski definition) is 3. The van der Waals surface area contributed by atoms with Crippen molar-refractivity contribution in [2.75, 3.05) is 19.4 Å². The highest BCUT2D eigenvalue weighted by atomic mass is 16.5. The molecule has 0 aromatic heterocycles. The molecule has 1 aromatic rings. The minimum absolute atomic E-state index is 0.540. The van der Waals surface area contributed by atoms with Crippen molar-refractivity contribution in [1.82, 2.24) is 4.90 Å². The number of anilines is 1. The maximum absolute atomic E-state index is 6.09. The van der Waals surface area contributed by atoms with Gasteiger partial charge in [-0.3, -0.25) is 4.90 Å². The topological polar surface area (TPSA) is 38.5 Å². The van der Waals surface area contributed by atoms with Crippen molar-refractivity contribution in [3.63, 3.8) is 0 Å². The van der Waals surface area contributed by atoms with Crippen molar-refractivity contribution >= 4 is 5.69 Å². The summed E-state index contributed by atoms with van der Waals surface area (Å²) in [6.07, 6.45) is 3.81. The lowest BCUT2D eigenvalue weighted by Gasteiger charge is -2.27. The standard InChI is InChI=1S/C16H28N2O/c1-5-6-7-10-18(13(2)3)12-14-8-9-15(19-4)11-16(14)17/h8-9,11,13H,5-7,10,12,17H2,1-4H3. The number of hydrogen-bond donors (Lipinski definition) is 1. The predicted molar refractivity (Wildman–Crippen MR) is 82.5 cm³/mol. The average molecular weight is 264 g/mol. The molecule has 0 amide bonds. The Hall–Kier alpha value is -1.22. The van der Waals surface area contributed by atoms with E-state index in [-0.39, 0.29) is 0 Å². The number of rotatable bonds is 8. The molecule has 0 bridgehead atoms. The van der Waals surface area contributed by atoms with Crippen molar-refractivity contribution in [3.8, 4) is 5.75 Å². The van der Waals surface area contributed by atoms with Crippen molar-refractivity contribution in [2.45, 2.75) is 52.6 Å². The van der Waals surface area contributed by atoms with Gasteiger partial charge in [-0.15, -0.1) is 0 Å². The van der Waals surface area contributed by atoms with Crippen LogP contribution in [0.3, 0.4) is 0 Å². The largest absolute Gasteiger partial charge is 0.497 e. The van der Waals surface area contributed by atoms with Crippen LogP contribution in [0.25, 0.3) is 0 Å². The third kappa shape index (κ3) is 5.11. The van der Waals surface area contributed by atoms with E-state index in [1.54, 1.807) is 7.11 Å². The third-order valence-corrected chi connectivity index (χ3v) is 3.51. The molecule has 2 N–H and O–H groups in total. The van der Waals surface area contributed by atoms with Gasteiger partial charge in [0.25, 0.3) is 0 Å². The van der Waals surface area contributed by atoms with Gasteiger partial charge in [-0.1, -0.05) is 25.8 Å². The predicted octanol–water partition coefficient (Wildman–Crippen LogP) is 3.68. The van der Waals surface area contributed by atoms with E-state index >= 15 is 0 Å². The van der Waals surface area contributed by atoms with Crippen molar-refractivity contribution < 1.29 is 4.74 Å². The fraction of sp³-hybridized carbons (Fsp3) is 0.625. The molecule has 0 saturated carbocycles. The SMILES string of the molecule is CCCCCN(Cc1ccc(OC)cc1N)C(C)C. The van der Waals surface area contributed by atoms with Gasteiger partial charge >= 0.3 is 0 Å². The fourth-order valence-electron chi connectivity index (χ4n) is 2.15. The molecule has 0 spiro atoms. The second-order valence-corrected chi connectivity index (χ2v) is 5.34. The zero-order valence-corrected chi connectivity index (χ0v) is 12.8. The highest BCUT2D eigenvalue weighted by molar-refractivity contribution is 5.51. The second kappa shape index (κ2) is 8.05. The van der Waals surface area contributed by atoms with Gasteiger partial charge in [0.05, 0.1) is 7.11 Å². The quantitative estimate of drug-likeness (QED) is 0.575. The Labute approximate surface area is 117 Å². The van der Waals surface area contributed by atoms with Crippen molar-refractivity contribution in [2.24, 2.45) is 0 Å². The van der Waals surface area contributed by atoms with E-state index in [0.717, 1.165) is 24.5 Å². The van der Waals surface area contributed by atoms with E-state index in [0.29, 0.717) is 6.04 Å². The number of nitrogen functional groups attached to an aromatic ring is 1. The summed E-state index contributed by atoms with van der Waals surface area (Å²) < 4.78 is 5.19. The first-order valence-corrected chi connectivity index (χ1v) is 7.25. The summed E-state index contributed by atoms with van der Waals surface area (Å²) in [5.41, 5.74) is 8.10. The van der Waals surface area contributed by atoms with Gasteiger partial charge in [-0.25, -0.2) is 0 Å². The molecule has 0 aliphatic rings. The average Bonchev–Trinajstić information content (AvgIpc) is 2.39. The molecule has 0 fully saturated rings. The third-order valence-electron chi connectivity index (χ3n) is 3.51. The Morgan fingerprint density at radius 2 is 2.00 bits per heavy atom. The summed E-state index contributed by atoms with van der Waals surface area (Å²) in [5, 5.41) is 0. The molecule has 1 aromatic carbocycles. The van der Waals surface area contributed by atoms with Crippen LogP contribution in [0.4, 0.5) is 5.69 Å². The Morgan fingerprint density at radius 3 is 2.53 bits per heavy atom. The number of nitrogens with two attached hydrogens (primary N) is 1. The number of unbranched alkanes of at least 4 members (excludes halogenated alkanes) is 2. The molecule has 0 saturated heterocycles. The maximum Gasteiger partial charge on any atom is 0.120 e. The van der Waals surface area contributed by atoms with E-state index in [1.807, 2.05) is 12.1 Å². The van der Waals surface area contributed by atoms with Gasteiger partial charge in [-0.2, -0.15) is 0 Å². The van der Waals surface area contributed by atoms with Crippen LogP contribution in [0.15, 0.2) is 18.2 Å². The summed E-state index contributed by atoms with van der Waals surface area (Å²) in [7, 11) is 1.67. The van der Waals surface area contributed by atoms with Crippen LogP contribution in [0.2, 0.25) is 0 Å². The van der Waals surface area contributed by atoms with Crippen LogP contribution in [0.1, 0.15) is 45.6 Å². The number of methoxy groups -OCH3 is 1. The lowest BCUT2D eigenvalue weighted by molar-refractivity contribution is 0.209. The molecule has 108 valence electrons. The minimum Gasteiger partial charge on any atom is -0.497 e. The molecule has 3 nitrogen and oxygen atoms in total. The van der Waals surface area contributed by atoms with Gasteiger partial charge in [0.15, 0.2) is 0 Å². The van der Waals surface area contributed by atoms with E-state index in [4.69, 9.17) is 10.5 Å². The lowest BCUT2D eigenvalue weighted by atomic mass is 10.1. The molecule has 1 rings (SSSR count). The first-order valence-electron chi connectivity index (χ1n) is 7.25. The summed E-state index contributed by atoms with van der Waals surface area (Å²) in [4.78, 5) is 2.48. The lowest BCUT2D eigenvalue weighted by Crippen LogP contribution is -2.31. The van der Waals surface area contributed by atoms with Gasteiger partial charge in [-0.05, 0) is 38.4 Å². The summed E-state index contributed by atoms with van der Waals surface area (Å²) >= 11 is 0. The molecule has 0 atom stereocenters. The van der Waals surface area contributed by atoms with Gasteiger partial charge in [0.2, 0.25) is 0 Å². The van der Waals surface area contributed by atoms with Gasteiger partial charge < -0.3 is 10.5 Å². The molecule has 0 heterocycles. The first-order chi connectivity index (χ1) is 9.08. The Bertz CT molecular complexity index is 377. The van der Waals surface area contributed by atoms with Crippen LogP contribution in [0, 0.1) is 0 Å². The number of nitrogens with zero attached hydrogens (tertiary/aromatic N) is 1. The van der Waals surface area contributed by atoms with Crippen LogP contribution in [-0.4, -0.2) is 24.6 Å². The zero-order valence-electron chi connectivity index (χ0n) is 12.8. The smallest absolute Gasteiger partial charge is 0.120 e. The zero-order chi connectivity index (χ0) is 14.3. The van der Waals surface area contributed by atoms with Gasteiger partial charge in [0, 0.05) is 24.3 Å².